The van der Waals surface area contributed by atoms with E-state index in [1.54, 1.807) is 31.2 Å². The van der Waals surface area contributed by atoms with E-state index in [0.29, 0.717) is 23.6 Å². The number of amides is 1. The van der Waals surface area contributed by atoms with Crippen LogP contribution < -0.4 is 11.1 Å². The highest BCUT2D eigenvalue weighted by molar-refractivity contribution is 5.94. The van der Waals surface area contributed by atoms with E-state index in [4.69, 9.17) is 4.42 Å². The number of aromatic nitrogens is 3. The Morgan fingerprint density at radius 3 is 2.62 bits per heavy atom. The third-order valence-electron chi connectivity index (χ3n) is 4.49. The average Bonchev–Trinajstić information content (AvgIpc) is 3.16. The van der Waals surface area contributed by atoms with E-state index in [9.17, 15) is 9.59 Å². The molecule has 1 N–H and O–H groups in total. The number of carbonyl (C=O) groups is 1. The lowest BCUT2D eigenvalue weighted by molar-refractivity contribution is -0.118. The molecule has 0 saturated carbocycles. The summed E-state index contributed by atoms with van der Waals surface area (Å²) in [5.74, 6) is -0.423. The standard InChI is InChI=1S/C19H18N4O3/c1-3-22-14-9-5-4-8-13(14)20-18(22)21-17(24)12(2)23-15-10-6-7-11-16(15)26-19(23)25/h4-12H,3H2,1-2H3,(H,20,21,24). The van der Waals surface area contributed by atoms with Gasteiger partial charge in [-0.25, -0.2) is 9.78 Å². The molecule has 4 aromatic rings. The zero-order valence-electron chi connectivity index (χ0n) is 14.5. The molecule has 4 rings (SSSR count). The third kappa shape index (κ3) is 2.48. The van der Waals surface area contributed by atoms with Gasteiger partial charge in [-0.05, 0) is 38.1 Å². The Morgan fingerprint density at radius 1 is 1.15 bits per heavy atom. The number of nitrogens with one attached hydrogen (secondary N) is 1. The molecular formula is C19H18N4O3. The molecule has 1 atom stereocenters. The molecule has 0 aliphatic carbocycles. The fourth-order valence-electron chi connectivity index (χ4n) is 3.17. The van der Waals surface area contributed by atoms with Crippen LogP contribution >= 0.6 is 0 Å². The first-order valence-electron chi connectivity index (χ1n) is 8.46. The number of aryl methyl sites for hydroxylation is 1. The molecule has 0 radical (unpaired) electrons. The molecule has 0 fully saturated rings. The van der Waals surface area contributed by atoms with E-state index in [1.807, 2.05) is 35.8 Å². The van der Waals surface area contributed by atoms with Crippen LogP contribution in [0.5, 0.6) is 0 Å². The van der Waals surface area contributed by atoms with Crippen molar-refractivity contribution >= 4 is 34.0 Å². The lowest BCUT2D eigenvalue weighted by Gasteiger charge is -2.13. The number of hydrogen-bond donors (Lipinski definition) is 1. The number of anilines is 1. The van der Waals surface area contributed by atoms with Crippen molar-refractivity contribution < 1.29 is 9.21 Å². The number of para-hydroxylation sites is 4. The summed E-state index contributed by atoms with van der Waals surface area (Å²) >= 11 is 0. The summed E-state index contributed by atoms with van der Waals surface area (Å²) in [6, 6.07) is 14.0. The third-order valence-corrected chi connectivity index (χ3v) is 4.49. The molecule has 7 heteroatoms. The van der Waals surface area contributed by atoms with Crippen LogP contribution in [0.15, 0.2) is 57.7 Å². The van der Waals surface area contributed by atoms with Gasteiger partial charge in [-0.15, -0.1) is 0 Å². The number of oxazole rings is 1. The monoisotopic (exact) mass is 350 g/mol. The first kappa shape index (κ1) is 16.1. The van der Waals surface area contributed by atoms with Gasteiger partial charge in [0.1, 0.15) is 6.04 Å². The molecule has 0 bridgehead atoms. The largest absolute Gasteiger partial charge is 0.420 e. The van der Waals surface area contributed by atoms with Gasteiger partial charge in [0.05, 0.1) is 16.6 Å². The predicted molar refractivity (Wildman–Crippen MR) is 99.2 cm³/mol. The van der Waals surface area contributed by atoms with Gasteiger partial charge in [-0.2, -0.15) is 0 Å². The zero-order chi connectivity index (χ0) is 18.3. The second-order valence-electron chi connectivity index (χ2n) is 6.04. The Kier molecular flexibility index (Phi) is 3.84. The number of carbonyl (C=O) groups excluding carboxylic acids is 1. The Bertz CT molecular complexity index is 1170. The Balaban J connectivity index is 1.70. The van der Waals surface area contributed by atoms with Crippen molar-refractivity contribution in [1.82, 2.24) is 14.1 Å². The van der Waals surface area contributed by atoms with Crippen LogP contribution in [-0.4, -0.2) is 20.0 Å². The highest BCUT2D eigenvalue weighted by Gasteiger charge is 2.23. The molecule has 2 heterocycles. The van der Waals surface area contributed by atoms with Crippen molar-refractivity contribution in [3.8, 4) is 0 Å². The van der Waals surface area contributed by atoms with Gasteiger partial charge >= 0.3 is 5.76 Å². The van der Waals surface area contributed by atoms with E-state index in [-0.39, 0.29) is 5.91 Å². The number of benzene rings is 2. The summed E-state index contributed by atoms with van der Waals surface area (Å²) < 4.78 is 8.50. The minimum Gasteiger partial charge on any atom is -0.408 e. The zero-order valence-corrected chi connectivity index (χ0v) is 14.5. The number of imidazole rings is 1. The molecule has 1 unspecified atom stereocenters. The molecule has 1 amide bonds. The fourth-order valence-corrected chi connectivity index (χ4v) is 3.17. The van der Waals surface area contributed by atoms with Gasteiger partial charge in [0, 0.05) is 6.54 Å². The summed E-state index contributed by atoms with van der Waals surface area (Å²) in [4.78, 5) is 29.5. The van der Waals surface area contributed by atoms with Crippen LogP contribution in [0.3, 0.4) is 0 Å². The van der Waals surface area contributed by atoms with E-state index >= 15 is 0 Å². The van der Waals surface area contributed by atoms with E-state index < -0.39 is 11.8 Å². The molecule has 2 aromatic heterocycles. The number of rotatable bonds is 4. The smallest absolute Gasteiger partial charge is 0.408 e. The van der Waals surface area contributed by atoms with Crippen LogP contribution in [0, 0.1) is 0 Å². The van der Waals surface area contributed by atoms with Crippen LogP contribution in [0.1, 0.15) is 19.9 Å². The van der Waals surface area contributed by atoms with Gasteiger partial charge < -0.3 is 8.98 Å². The van der Waals surface area contributed by atoms with E-state index in [1.165, 1.54) is 4.57 Å². The van der Waals surface area contributed by atoms with Crippen LogP contribution in [0.25, 0.3) is 22.1 Å². The normalized spacial score (nSPS) is 12.5. The first-order valence-corrected chi connectivity index (χ1v) is 8.46. The van der Waals surface area contributed by atoms with Crippen molar-refractivity contribution in [3.63, 3.8) is 0 Å². The van der Waals surface area contributed by atoms with Crippen LogP contribution in [0.4, 0.5) is 5.95 Å². The minimum atomic E-state index is -0.740. The maximum atomic E-state index is 12.8. The van der Waals surface area contributed by atoms with E-state index in [0.717, 1.165) is 11.0 Å². The van der Waals surface area contributed by atoms with Crippen molar-refractivity contribution in [1.29, 1.82) is 0 Å². The maximum Gasteiger partial charge on any atom is 0.420 e. The maximum absolute atomic E-state index is 12.8. The Labute approximate surface area is 148 Å². The number of fused-ring (bicyclic) bond motifs is 2. The summed E-state index contributed by atoms with van der Waals surface area (Å²) in [6.07, 6.45) is 0. The fraction of sp³-hybridized carbons (Fsp3) is 0.211. The topological polar surface area (TPSA) is 82.1 Å². The van der Waals surface area contributed by atoms with Gasteiger partial charge in [0.25, 0.3) is 0 Å². The number of nitrogens with zero attached hydrogens (tertiary/aromatic N) is 3. The van der Waals surface area contributed by atoms with Crippen molar-refractivity contribution in [3.05, 3.63) is 59.1 Å². The average molecular weight is 350 g/mol. The number of hydrogen-bond acceptors (Lipinski definition) is 4. The van der Waals surface area contributed by atoms with Gasteiger partial charge in [0.2, 0.25) is 11.9 Å². The van der Waals surface area contributed by atoms with Crippen molar-refractivity contribution in [2.45, 2.75) is 26.4 Å². The first-order chi connectivity index (χ1) is 12.6. The van der Waals surface area contributed by atoms with Crippen LogP contribution in [-0.2, 0) is 11.3 Å². The highest BCUT2D eigenvalue weighted by Crippen LogP contribution is 2.21. The molecular weight excluding hydrogens is 332 g/mol. The summed E-state index contributed by atoms with van der Waals surface area (Å²) in [6.45, 7) is 4.32. The van der Waals surface area contributed by atoms with Crippen molar-refractivity contribution in [2.75, 3.05) is 5.32 Å². The summed E-state index contributed by atoms with van der Waals surface area (Å²) in [5, 5.41) is 2.84. The second-order valence-corrected chi connectivity index (χ2v) is 6.04. The Hall–Kier alpha value is -3.35. The van der Waals surface area contributed by atoms with Gasteiger partial charge in [-0.1, -0.05) is 24.3 Å². The van der Waals surface area contributed by atoms with Gasteiger partial charge in [0.15, 0.2) is 5.58 Å². The minimum absolute atomic E-state index is 0.330. The molecule has 132 valence electrons. The lowest BCUT2D eigenvalue weighted by Crippen LogP contribution is -2.30. The lowest BCUT2D eigenvalue weighted by atomic mass is 10.2. The molecule has 0 aliphatic heterocycles. The molecule has 0 saturated heterocycles. The molecule has 26 heavy (non-hydrogen) atoms. The highest BCUT2D eigenvalue weighted by atomic mass is 16.4. The van der Waals surface area contributed by atoms with Crippen LogP contribution in [0.2, 0.25) is 0 Å². The van der Waals surface area contributed by atoms with Crippen molar-refractivity contribution in [2.24, 2.45) is 0 Å². The molecule has 2 aromatic carbocycles. The summed E-state index contributed by atoms with van der Waals surface area (Å²) in [7, 11) is 0. The molecule has 7 nitrogen and oxygen atoms in total. The molecule has 0 spiro atoms. The predicted octanol–water partition coefficient (Wildman–Crippen LogP) is 3.16. The SMILES string of the molecule is CCn1c(NC(=O)C(C)n2c(=O)oc3ccccc32)nc2ccccc21. The van der Waals surface area contributed by atoms with Gasteiger partial charge in [-0.3, -0.25) is 14.7 Å². The second kappa shape index (κ2) is 6.18. The molecule has 0 aliphatic rings. The summed E-state index contributed by atoms with van der Waals surface area (Å²) in [5.41, 5.74) is 2.80. The Morgan fingerprint density at radius 2 is 1.85 bits per heavy atom. The quantitative estimate of drug-likeness (QED) is 0.613. The van der Waals surface area contributed by atoms with E-state index in [2.05, 4.69) is 10.3 Å².